The number of hydrogen-bond donors (Lipinski definition) is 1. The molecule has 146 valence electrons. The van der Waals surface area contributed by atoms with E-state index in [1.54, 1.807) is 11.1 Å². The molecule has 0 bridgehead atoms. The summed E-state index contributed by atoms with van der Waals surface area (Å²) in [5.74, 6) is 1.15. The van der Waals surface area contributed by atoms with E-state index in [1.165, 1.54) is 57.3 Å². The highest BCUT2D eigenvalue weighted by molar-refractivity contribution is 5.33. The molecule has 0 spiro atoms. The number of aromatic amines is 1. The van der Waals surface area contributed by atoms with Gasteiger partial charge in [-0.2, -0.15) is 0 Å². The Bertz CT molecular complexity index is 712. The molecule has 27 heavy (non-hydrogen) atoms. The van der Waals surface area contributed by atoms with E-state index in [2.05, 4.69) is 58.0 Å². The van der Waals surface area contributed by atoms with Crippen LogP contribution < -0.4 is 0 Å². The van der Waals surface area contributed by atoms with Gasteiger partial charge in [-0.25, -0.2) is 4.98 Å². The average Bonchev–Trinajstić information content (AvgIpc) is 3.33. The number of H-pyrrole nitrogens is 1. The lowest BCUT2D eigenvalue weighted by Crippen LogP contribution is -2.50. The maximum absolute atomic E-state index is 4.56. The van der Waals surface area contributed by atoms with Crippen LogP contribution >= 0.6 is 0 Å². The molecule has 0 radical (unpaired) electrons. The minimum absolute atomic E-state index is 0.643. The first-order chi connectivity index (χ1) is 13.2. The number of nitrogens with one attached hydrogen (secondary N) is 1. The highest BCUT2D eigenvalue weighted by Crippen LogP contribution is 2.28. The maximum atomic E-state index is 4.56. The lowest BCUT2D eigenvalue weighted by Gasteiger charge is -2.40. The number of aryl methyl sites for hydroxylation is 1. The van der Waals surface area contributed by atoms with Crippen LogP contribution in [0, 0.1) is 0 Å². The van der Waals surface area contributed by atoms with Crippen molar-refractivity contribution in [1.29, 1.82) is 0 Å². The van der Waals surface area contributed by atoms with Gasteiger partial charge in [-0.3, -0.25) is 9.80 Å². The molecule has 2 heterocycles. The van der Waals surface area contributed by atoms with E-state index in [4.69, 9.17) is 0 Å². The van der Waals surface area contributed by atoms with Crippen molar-refractivity contribution >= 4 is 0 Å². The van der Waals surface area contributed by atoms with Gasteiger partial charge in [0, 0.05) is 43.5 Å². The van der Waals surface area contributed by atoms with Gasteiger partial charge in [0.1, 0.15) is 5.82 Å². The molecule has 0 saturated carbocycles. The van der Waals surface area contributed by atoms with Crippen molar-refractivity contribution in [3.63, 3.8) is 0 Å². The highest BCUT2D eigenvalue weighted by Gasteiger charge is 2.31. The third-order valence-electron chi connectivity index (χ3n) is 6.47. The predicted octanol–water partition coefficient (Wildman–Crippen LogP) is 3.82. The van der Waals surface area contributed by atoms with E-state index < -0.39 is 0 Å². The van der Waals surface area contributed by atoms with Gasteiger partial charge in [0.2, 0.25) is 0 Å². The number of likely N-dealkylation sites (tertiary alicyclic amines) is 1. The molecule has 1 aromatic heterocycles. The van der Waals surface area contributed by atoms with Crippen molar-refractivity contribution in [2.24, 2.45) is 0 Å². The second-order valence-corrected chi connectivity index (χ2v) is 8.50. The number of piperidine rings is 1. The van der Waals surface area contributed by atoms with Crippen molar-refractivity contribution < 1.29 is 0 Å². The summed E-state index contributed by atoms with van der Waals surface area (Å²) in [5, 5.41) is 0. The molecule has 1 aromatic carbocycles. The van der Waals surface area contributed by atoms with E-state index >= 15 is 0 Å². The van der Waals surface area contributed by atoms with Crippen LogP contribution in [-0.2, 0) is 25.8 Å². The SMILES string of the molecule is CCCCc1ncc(CN(C)[C@@H]2CCCN(C3Cc4ccccc4C3)C2)[nH]1. The summed E-state index contributed by atoms with van der Waals surface area (Å²) in [4.78, 5) is 13.4. The standard InChI is InChI=1S/C23H34N4/c1-3-4-11-23-24-15-20(25-23)16-26(2)21-10-7-12-27(17-21)22-13-18-8-5-6-9-19(18)14-22/h5-6,8-9,15,21-22H,3-4,7,10-14,16-17H2,1-2H3,(H,24,25)/t21-/m1/s1. The van der Waals surface area contributed by atoms with Crippen LogP contribution in [0.25, 0.3) is 0 Å². The first-order valence-electron chi connectivity index (χ1n) is 10.8. The van der Waals surface area contributed by atoms with Gasteiger partial charge in [0.25, 0.3) is 0 Å². The number of unbranched alkanes of at least 4 members (excludes halogenated alkanes) is 1. The van der Waals surface area contributed by atoms with Gasteiger partial charge in [-0.1, -0.05) is 37.6 Å². The normalized spacial score (nSPS) is 21.1. The fourth-order valence-corrected chi connectivity index (χ4v) is 4.82. The Morgan fingerprint density at radius 3 is 2.74 bits per heavy atom. The molecule has 0 amide bonds. The monoisotopic (exact) mass is 366 g/mol. The summed E-state index contributed by atoms with van der Waals surface area (Å²) in [5.41, 5.74) is 4.39. The van der Waals surface area contributed by atoms with Gasteiger partial charge in [0.15, 0.2) is 0 Å². The number of fused-ring (bicyclic) bond motifs is 1. The average molecular weight is 367 g/mol. The summed E-state index contributed by atoms with van der Waals surface area (Å²) in [6.07, 6.45) is 10.6. The zero-order valence-electron chi connectivity index (χ0n) is 17.0. The highest BCUT2D eigenvalue weighted by atomic mass is 15.2. The van der Waals surface area contributed by atoms with Crippen molar-refractivity contribution in [3.05, 3.63) is 53.1 Å². The number of rotatable bonds is 7. The Hall–Kier alpha value is -1.65. The summed E-state index contributed by atoms with van der Waals surface area (Å²) >= 11 is 0. The predicted molar refractivity (Wildman–Crippen MR) is 111 cm³/mol. The minimum Gasteiger partial charge on any atom is -0.345 e. The molecule has 1 saturated heterocycles. The topological polar surface area (TPSA) is 35.2 Å². The summed E-state index contributed by atoms with van der Waals surface area (Å²) in [7, 11) is 2.28. The molecule has 4 rings (SSSR count). The third kappa shape index (κ3) is 4.44. The number of hydrogen-bond acceptors (Lipinski definition) is 3. The van der Waals surface area contributed by atoms with Crippen molar-refractivity contribution in [2.75, 3.05) is 20.1 Å². The first kappa shape index (κ1) is 18.7. The molecule has 2 aliphatic rings. The lowest BCUT2D eigenvalue weighted by atomic mass is 10.0. The van der Waals surface area contributed by atoms with Crippen molar-refractivity contribution in [2.45, 2.75) is 70.5 Å². The lowest BCUT2D eigenvalue weighted by molar-refractivity contribution is 0.0830. The molecule has 4 nitrogen and oxygen atoms in total. The maximum Gasteiger partial charge on any atom is 0.106 e. The number of nitrogens with zero attached hydrogens (tertiary/aromatic N) is 3. The Kier molecular flexibility index (Phi) is 5.94. The minimum atomic E-state index is 0.643. The molecule has 4 heteroatoms. The van der Waals surface area contributed by atoms with Gasteiger partial charge in [-0.05, 0) is 56.8 Å². The number of benzene rings is 1. The van der Waals surface area contributed by atoms with Crippen LogP contribution in [0.3, 0.4) is 0 Å². The number of imidazole rings is 1. The Morgan fingerprint density at radius 2 is 2.00 bits per heavy atom. The largest absolute Gasteiger partial charge is 0.345 e. The van der Waals surface area contributed by atoms with Gasteiger partial charge in [-0.15, -0.1) is 0 Å². The smallest absolute Gasteiger partial charge is 0.106 e. The van der Waals surface area contributed by atoms with Crippen molar-refractivity contribution in [1.82, 2.24) is 19.8 Å². The van der Waals surface area contributed by atoms with E-state index in [9.17, 15) is 0 Å². The Labute approximate surface area is 164 Å². The van der Waals surface area contributed by atoms with Crippen LogP contribution in [-0.4, -0.2) is 52.0 Å². The summed E-state index contributed by atoms with van der Waals surface area (Å²) in [6.45, 7) is 5.66. The molecule has 1 N–H and O–H groups in total. The Morgan fingerprint density at radius 1 is 1.22 bits per heavy atom. The summed E-state index contributed by atoms with van der Waals surface area (Å²) < 4.78 is 0. The fraction of sp³-hybridized carbons (Fsp3) is 0.609. The molecule has 1 aliphatic heterocycles. The quantitative estimate of drug-likeness (QED) is 0.809. The molecule has 1 atom stereocenters. The molecule has 1 fully saturated rings. The van der Waals surface area contributed by atoms with Gasteiger partial charge in [0.05, 0.1) is 0 Å². The second-order valence-electron chi connectivity index (χ2n) is 8.50. The number of aromatic nitrogens is 2. The van der Waals surface area contributed by atoms with Gasteiger partial charge >= 0.3 is 0 Å². The second kappa shape index (κ2) is 8.57. The molecule has 0 unspecified atom stereocenters. The van der Waals surface area contributed by atoms with Crippen LogP contribution in [0.4, 0.5) is 0 Å². The zero-order chi connectivity index (χ0) is 18.6. The van der Waals surface area contributed by atoms with Gasteiger partial charge < -0.3 is 4.98 Å². The van der Waals surface area contributed by atoms with E-state index in [1.807, 2.05) is 6.20 Å². The number of likely N-dealkylation sites (N-methyl/N-ethyl adjacent to an activating group) is 1. The summed E-state index contributed by atoms with van der Waals surface area (Å²) in [6, 6.07) is 10.4. The molecule has 2 aromatic rings. The van der Waals surface area contributed by atoms with E-state index in [0.29, 0.717) is 12.1 Å². The first-order valence-corrected chi connectivity index (χ1v) is 10.8. The van der Waals surface area contributed by atoms with Crippen LogP contribution in [0.2, 0.25) is 0 Å². The van der Waals surface area contributed by atoms with Crippen molar-refractivity contribution in [3.8, 4) is 0 Å². The molecular formula is C23H34N4. The van der Waals surface area contributed by atoms with Crippen LogP contribution in [0.15, 0.2) is 30.5 Å². The zero-order valence-corrected chi connectivity index (χ0v) is 17.0. The fourth-order valence-electron chi connectivity index (χ4n) is 4.82. The molecule has 1 aliphatic carbocycles. The van der Waals surface area contributed by atoms with Crippen LogP contribution in [0.1, 0.15) is 55.3 Å². The van der Waals surface area contributed by atoms with E-state index in [-0.39, 0.29) is 0 Å². The molecular weight excluding hydrogens is 332 g/mol. The van der Waals surface area contributed by atoms with Crippen LogP contribution in [0.5, 0.6) is 0 Å². The Balaban J connectivity index is 1.32. The third-order valence-corrected chi connectivity index (χ3v) is 6.47. The van der Waals surface area contributed by atoms with E-state index in [0.717, 1.165) is 18.8 Å².